The van der Waals surface area contributed by atoms with Gasteiger partial charge in [0.25, 0.3) is 0 Å². The Labute approximate surface area is 109 Å². The van der Waals surface area contributed by atoms with Crippen molar-refractivity contribution in [3.05, 3.63) is 12.7 Å². The zero-order valence-electron chi connectivity index (χ0n) is 10.1. The highest BCUT2D eigenvalue weighted by molar-refractivity contribution is 5.85. The molecule has 2 aliphatic rings. The summed E-state index contributed by atoms with van der Waals surface area (Å²) in [6.07, 6.45) is 3.77. The molecule has 0 bridgehead atoms. The monoisotopic (exact) mass is 260 g/mol. The molecule has 1 amide bonds. The number of carbonyl (C=O) groups excluding carboxylic acids is 1. The Balaban J connectivity index is 0.00000144. The Morgan fingerprint density at radius 3 is 2.82 bits per heavy atom. The second kappa shape index (κ2) is 6.87. The van der Waals surface area contributed by atoms with E-state index in [9.17, 15) is 4.79 Å². The van der Waals surface area contributed by atoms with Gasteiger partial charge < -0.3 is 15.0 Å². The first kappa shape index (κ1) is 14.3. The fraction of sp³-hybridized carbons (Fsp3) is 0.750. The van der Waals surface area contributed by atoms with E-state index >= 15 is 0 Å². The van der Waals surface area contributed by atoms with Crippen LogP contribution in [0.3, 0.4) is 0 Å². The SMILES string of the molecule is C=CCOC(=O)N1CCC[C@H](C2CNC2)C1.Cl. The lowest BCUT2D eigenvalue weighted by Gasteiger charge is -2.40. The van der Waals surface area contributed by atoms with Gasteiger partial charge in [-0.2, -0.15) is 0 Å². The van der Waals surface area contributed by atoms with Gasteiger partial charge in [0.15, 0.2) is 0 Å². The molecule has 0 radical (unpaired) electrons. The Kier molecular flexibility index (Phi) is 5.78. The lowest BCUT2D eigenvalue weighted by atomic mass is 9.82. The fourth-order valence-corrected chi connectivity index (χ4v) is 2.43. The van der Waals surface area contributed by atoms with E-state index in [1.165, 1.54) is 6.42 Å². The Hall–Kier alpha value is -0.740. The summed E-state index contributed by atoms with van der Waals surface area (Å²) in [5, 5.41) is 3.29. The highest BCUT2D eigenvalue weighted by Crippen LogP contribution is 2.26. The van der Waals surface area contributed by atoms with Crippen LogP contribution in [0.4, 0.5) is 4.79 Å². The van der Waals surface area contributed by atoms with E-state index in [1.807, 2.05) is 4.90 Å². The van der Waals surface area contributed by atoms with Crippen LogP contribution in [0.15, 0.2) is 12.7 Å². The molecule has 98 valence electrons. The van der Waals surface area contributed by atoms with Crippen LogP contribution in [-0.4, -0.2) is 43.8 Å². The molecule has 0 aromatic heterocycles. The largest absolute Gasteiger partial charge is 0.445 e. The smallest absolute Gasteiger partial charge is 0.410 e. The van der Waals surface area contributed by atoms with Crippen molar-refractivity contribution in [2.24, 2.45) is 11.8 Å². The number of halogens is 1. The van der Waals surface area contributed by atoms with Gasteiger partial charge in [-0.1, -0.05) is 12.7 Å². The summed E-state index contributed by atoms with van der Waals surface area (Å²) >= 11 is 0. The summed E-state index contributed by atoms with van der Waals surface area (Å²) in [7, 11) is 0. The highest BCUT2D eigenvalue weighted by Gasteiger charge is 2.32. The van der Waals surface area contributed by atoms with Gasteiger partial charge >= 0.3 is 6.09 Å². The number of piperidine rings is 1. The van der Waals surface area contributed by atoms with Crippen molar-refractivity contribution in [3.8, 4) is 0 Å². The molecule has 0 aromatic rings. The van der Waals surface area contributed by atoms with Crippen molar-refractivity contribution >= 4 is 18.5 Å². The Morgan fingerprint density at radius 1 is 1.47 bits per heavy atom. The van der Waals surface area contributed by atoms with Crippen LogP contribution < -0.4 is 5.32 Å². The predicted octanol–water partition coefficient (Wildman–Crippen LogP) is 1.66. The lowest BCUT2D eigenvalue weighted by molar-refractivity contribution is 0.0732. The van der Waals surface area contributed by atoms with Gasteiger partial charge in [-0.15, -0.1) is 12.4 Å². The van der Waals surface area contributed by atoms with Crippen molar-refractivity contribution in [1.82, 2.24) is 10.2 Å². The maximum atomic E-state index is 11.7. The molecule has 0 saturated carbocycles. The van der Waals surface area contributed by atoms with E-state index in [1.54, 1.807) is 6.08 Å². The van der Waals surface area contributed by atoms with E-state index in [4.69, 9.17) is 4.74 Å². The topological polar surface area (TPSA) is 41.6 Å². The van der Waals surface area contributed by atoms with Gasteiger partial charge in [-0.25, -0.2) is 4.79 Å². The summed E-state index contributed by atoms with van der Waals surface area (Å²) in [6, 6.07) is 0. The quantitative estimate of drug-likeness (QED) is 0.785. The molecule has 0 unspecified atom stereocenters. The second-order valence-corrected chi connectivity index (χ2v) is 4.63. The van der Waals surface area contributed by atoms with Crippen molar-refractivity contribution in [1.29, 1.82) is 0 Å². The number of rotatable bonds is 3. The van der Waals surface area contributed by atoms with Gasteiger partial charge in [0.1, 0.15) is 6.61 Å². The highest BCUT2D eigenvalue weighted by atomic mass is 35.5. The minimum Gasteiger partial charge on any atom is -0.445 e. The van der Waals surface area contributed by atoms with Crippen molar-refractivity contribution in [3.63, 3.8) is 0 Å². The van der Waals surface area contributed by atoms with Gasteiger partial charge in [-0.3, -0.25) is 0 Å². The molecule has 2 aliphatic heterocycles. The summed E-state index contributed by atoms with van der Waals surface area (Å²) in [4.78, 5) is 13.5. The Bertz CT molecular complexity index is 269. The van der Waals surface area contributed by atoms with Crippen molar-refractivity contribution < 1.29 is 9.53 Å². The van der Waals surface area contributed by atoms with Crippen LogP contribution in [0.25, 0.3) is 0 Å². The molecule has 1 atom stereocenters. The normalized spacial score (nSPS) is 24.5. The molecule has 2 heterocycles. The minimum absolute atomic E-state index is 0. The molecule has 2 fully saturated rings. The van der Waals surface area contributed by atoms with E-state index in [0.29, 0.717) is 12.5 Å². The molecule has 17 heavy (non-hydrogen) atoms. The number of likely N-dealkylation sites (tertiary alicyclic amines) is 1. The first-order valence-electron chi connectivity index (χ1n) is 6.04. The molecule has 0 aliphatic carbocycles. The first-order valence-corrected chi connectivity index (χ1v) is 6.04. The zero-order chi connectivity index (χ0) is 11.4. The summed E-state index contributed by atoms with van der Waals surface area (Å²) < 4.78 is 5.06. The van der Waals surface area contributed by atoms with E-state index < -0.39 is 0 Å². The van der Waals surface area contributed by atoms with Crippen molar-refractivity contribution in [2.45, 2.75) is 12.8 Å². The molecular weight excluding hydrogens is 240 g/mol. The third-order valence-corrected chi connectivity index (χ3v) is 3.52. The van der Waals surface area contributed by atoms with Crippen LogP contribution in [0.5, 0.6) is 0 Å². The van der Waals surface area contributed by atoms with Gasteiger partial charge in [0.05, 0.1) is 0 Å². The molecule has 4 nitrogen and oxygen atoms in total. The molecule has 0 spiro atoms. The zero-order valence-corrected chi connectivity index (χ0v) is 10.9. The third kappa shape index (κ3) is 3.61. The van der Waals surface area contributed by atoms with E-state index in [-0.39, 0.29) is 18.5 Å². The Morgan fingerprint density at radius 2 is 2.24 bits per heavy atom. The molecule has 2 saturated heterocycles. The minimum atomic E-state index is -0.183. The number of amides is 1. The average molecular weight is 261 g/mol. The van der Waals surface area contributed by atoms with Gasteiger partial charge in [0.2, 0.25) is 0 Å². The molecular formula is C12H21ClN2O2. The third-order valence-electron chi connectivity index (χ3n) is 3.52. The summed E-state index contributed by atoms with van der Waals surface area (Å²) in [6.45, 7) is 7.78. The van der Waals surface area contributed by atoms with Crippen LogP contribution in [0.1, 0.15) is 12.8 Å². The number of nitrogens with zero attached hydrogens (tertiary/aromatic N) is 1. The van der Waals surface area contributed by atoms with Crippen LogP contribution >= 0.6 is 12.4 Å². The van der Waals surface area contributed by atoms with Crippen LogP contribution in [0, 0.1) is 11.8 Å². The summed E-state index contributed by atoms with van der Waals surface area (Å²) in [5.74, 6) is 1.42. The lowest BCUT2D eigenvalue weighted by Crippen LogP contribution is -2.51. The second-order valence-electron chi connectivity index (χ2n) is 4.63. The van der Waals surface area contributed by atoms with Crippen LogP contribution in [-0.2, 0) is 4.74 Å². The maximum Gasteiger partial charge on any atom is 0.410 e. The summed E-state index contributed by atoms with van der Waals surface area (Å²) in [5.41, 5.74) is 0. The van der Waals surface area contributed by atoms with Crippen LogP contribution in [0.2, 0.25) is 0 Å². The standard InChI is InChI=1S/C12H20N2O2.ClH/c1-2-6-16-12(15)14-5-3-4-10(9-14)11-7-13-8-11;/h2,10-11,13H,1,3-9H2;1H/t10-;/m0./s1. The first-order chi connectivity index (χ1) is 7.81. The molecule has 0 aromatic carbocycles. The van der Waals surface area contributed by atoms with Gasteiger partial charge in [0, 0.05) is 13.1 Å². The van der Waals surface area contributed by atoms with Gasteiger partial charge in [-0.05, 0) is 37.8 Å². The maximum absolute atomic E-state index is 11.7. The number of nitrogens with one attached hydrogen (secondary N) is 1. The average Bonchev–Trinajstić information content (AvgIpc) is 2.24. The van der Waals surface area contributed by atoms with Crippen molar-refractivity contribution in [2.75, 3.05) is 32.8 Å². The van der Waals surface area contributed by atoms with E-state index in [0.717, 1.165) is 38.5 Å². The number of hydrogen-bond acceptors (Lipinski definition) is 3. The van der Waals surface area contributed by atoms with E-state index in [2.05, 4.69) is 11.9 Å². The number of ether oxygens (including phenoxy) is 1. The molecule has 1 N–H and O–H groups in total. The fourth-order valence-electron chi connectivity index (χ4n) is 2.43. The number of hydrogen-bond donors (Lipinski definition) is 1. The number of carbonyl (C=O) groups is 1. The molecule has 2 rings (SSSR count). The predicted molar refractivity (Wildman–Crippen MR) is 69.4 cm³/mol. The molecule has 5 heteroatoms.